The van der Waals surface area contributed by atoms with Crippen molar-refractivity contribution in [1.29, 1.82) is 0 Å². The molecule has 0 spiro atoms. The van der Waals surface area contributed by atoms with Crippen LogP contribution in [0.2, 0.25) is 5.02 Å². The average Bonchev–Trinajstić information content (AvgIpc) is 2.29. The van der Waals surface area contributed by atoms with E-state index in [2.05, 4.69) is 26.1 Å². The van der Waals surface area contributed by atoms with E-state index in [-0.39, 0.29) is 17.6 Å². The van der Waals surface area contributed by atoms with E-state index in [1.807, 2.05) is 24.3 Å². The molecule has 0 saturated heterocycles. The minimum absolute atomic E-state index is 0.0271. The standard InChI is InChI=1S/C14H20ClNO/c1-9(10-4-6-11(15)7-5-10)16-12-8-13(17)14(12,2)3/h4-7,9,12-13,16-17H,8H2,1-3H3/t9-,12?,13?/m1/s1. The van der Waals surface area contributed by atoms with Crippen LogP contribution in [0.25, 0.3) is 0 Å². The molecule has 0 aromatic heterocycles. The Balaban J connectivity index is 1.98. The molecule has 1 aliphatic carbocycles. The Morgan fingerprint density at radius 1 is 1.35 bits per heavy atom. The number of halogens is 1. The molecule has 0 radical (unpaired) electrons. The summed E-state index contributed by atoms with van der Waals surface area (Å²) in [5, 5.41) is 14.0. The van der Waals surface area contributed by atoms with Crippen molar-refractivity contribution in [2.45, 2.75) is 45.4 Å². The molecule has 2 unspecified atom stereocenters. The van der Waals surface area contributed by atoms with Crippen LogP contribution in [0.1, 0.15) is 38.8 Å². The maximum absolute atomic E-state index is 9.71. The molecular formula is C14H20ClNO. The summed E-state index contributed by atoms with van der Waals surface area (Å²) < 4.78 is 0. The highest BCUT2D eigenvalue weighted by Gasteiger charge is 2.47. The van der Waals surface area contributed by atoms with E-state index >= 15 is 0 Å². The summed E-state index contributed by atoms with van der Waals surface area (Å²) in [5.41, 5.74) is 1.20. The highest BCUT2D eigenvalue weighted by atomic mass is 35.5. The molecule has 2 rings (SSSR count). The van der Waals surface area contributed by atoms with E-state index in [9.17, 15) is 5.11 Å². The fraction of sp³-hybridized carbons (Fsp3) is 0.571. The Hall–Kier alpha value is -0.570. The number of aliphatic hydroxyl groups excluding tert-OH is 1. The van der Waals surface area contributed by atoms with Gasteiger partial charge in [0.1, 0.15) is 0 Å². The minimum atomic E-state index is -0.183. The van der Waals surface area contributed by atoms with Crippen LogP contribution in [-0.4, -0.2) is 17.3 Å². The predicted molar refractivity (Wildman–Crippen MR) is 71.2 cm³/mol. The van der Waals surface area contributed by atoms with Crippen LogP contribution in [-0.2, 0) is 0 Å². The summed E-state index contributed by atoms with van der Waals surface area (Å²) in [4.78, 5) is 0. The lowest BCUT2D eigenvalue weighted by atomic mass is 9.64. The highest BCUT2D eigenvalue weighted by Crippen LogP contribution is 2.41. The number of hydrogen-bond acceptors (Lipinski definition) is 2. The second-order valence-corrected chi connectivity index (χ2v) is 6.00. The van der Waals surface area contributed by atoms with Crippen molar-refractivity contribution in [3.63, 3.8) is 0 Å². The van der Waals surface area contributed by atoms with Gasteiger partial charge in [0, 0.05) is 22.5 Å². The van der Waals surface area contributed by atoms with Crippen LogP contribution in [0, 0.1) is 5.41 Å². The molecule has 3 heteroatoms. The fourth-order valence-electron chi connectivity index (χ4n) is 2.33. The van der Waals surface area contributed by atoms with E-state index in [1.165, 1.54) is 5.56 Å². The summed E-state index contributed by atoms with van der Waals surface area (Å²) in [6.07, 6.45) is 0.655. The van der Waals surface area contributed by atoms with Crippen molar-refractivity contribution in [1.82, 2.24) is 5.32 Å². The van der Waals surface area contributed by atoms with Gasteiger partial charge in [0.25, 0.3) is 0 Å². The molecule has 2 N–H and O–H groups in total. The van der Waals surface area contributed by atoms with Crippen molar-refractivity contribution in [3.05, 3.63) is 34.9 Å². The summed E-state index contributed by atoms with van der Waals surface area (Å²) in [6.45, 7) is 6.35. The van der Waals surface area contributed by atoms with Gasteiger partial charge in [-0.3, -0.25) is 0 Å². The van der Waals surface area contributed by atoms with Gasteiger partial charge in [-0.2, -0.15) is 0 Å². The van der Waals surface area contributed by atoms with Crippen LogP contribution >= 0.6 is 11.6 Å². The lowest BCUT2D eigenvalue weighted by Crippen LogP contribution is -2.60. The largest absolute Gasteiger partial charge is 0.392 e. The first-order valence-corrected chi connectivity index (χ1v) is 6.48. The van der Waals surface area contributed by atoms with Crippen molar-refractivity contribution in [2.75, 3.05) is 0 Å². The third-order valence-electron chi connectivity index (χ3n) is 4.04. The Kier molecular flexibility index (Phi) is 3.48. The molecule has 94 valence electrons. The zero-order chi connectivity index (χ0) is 12.6. The zero-order valence-electron chi connectivity index (χ0n) is 10.6. The van der Waals surface area contributed by atoms with Crippen molar-refractivity contribution < 1.29 is 5.11 Å². The molecule has 0 heterocycles. The van der Waals surface area contributed by atoms with Gasteiger partial charge in [-0.25, -0.2) is 0 Å². The SMILES string of the molecule is C[C@@H](NC1CC(O)C1(C)C)c1ccc(Cl)cc1. The third kappa shape index (κ3) is 2.49. The molecule has 1 aromatic rings. The van der Waals surface area contributed by atoms with Crippen LogP contribution in [0.4, 0.5) is 0 Å². The average molecular weight is 254 g/mol. The van der Waals surface area contributed by atoms with Gasteiger partial charge in [0.05, 0.1) is 6.10 Å². The molecule has 1 saturated carbocycles. The maximum Gasteiger partial charge on any atom is 0.0621 e. The van der Waals surface area contributed by atoms with E-state index in [4.69, 9.17) is 11.6 Å². The van der Waals surface area contributed by atoms with Gasteiger partial charge in [-0.15, -0.1) is 0 Å². The zero-order valence-corrected chi connectivity index (χ0v) is 11.3. The highest BCUT2D eigenvalue weighted by molar-refractivity contribution is 6.30. The monoisotopic (exact) mass is 253 g/mol. The molecule has 0 aliphatic heterocycles. The smallest absolute Gasteiger partial charge is 0.0621 e. The first kappa shape index (κ1) is 12.9. The second kappa shape index (κ2) is 4.60. The van der Waals surface area contributed by atoms with E-state index in [1.54, 1.807) is 0 Å². The maximum atomic E-state index is 9.71. The quantitative estimate of drug-likeness (QED) is 0.867. The molecule has 2 nitrogen and oxygen atoms in total. The number of benzene rings is 1. The second-order valence-electron chi connectivity index (χ2n) is 5.57. The van der Waals surface area contributed by atoms with Crippen molar-refractivity contribution in [3.8, 4) is 0 Å². The van der Waals surface area contributed by atoms with Crippen molar-refractivity contribution >= 4 is 11.6 Å². The van der Waals surface area contributed by atoms with E-state index in [0.717, 1.165) is 11.4 Å². The van der Waals surface area contributed by atoms with Crippen LogP contribution in [0.3, 0.4) is 0 Å². The predicted octanol–water partition coefficient (Wildman–Crippen LogP) is 3.15. The molecule has 17 heavy (non-hydrogen) atoms. The molecular weight excluding hydrogens is 234 g/mol. The molecule has 0 bridgehead atoms. The Morgan fingerprint density at radius 3 is 2.41 bits per heavy atom. The van der Waals surface area contributed by atoms with Gasteiger partial charge < -0.3 is 10.4 Å². The normalized spacial score (nSPS) is 28.5. The van der Waals surface area contributed by atoms with Gasteiger partial charge in [-0.05, 0) is 31.0 Å². The number of hydrogen-bond donors (Lipinski definition) is 2. The number of nitrogens with one attached hydrogen (secondary N) is 1. The van der Waals surface area contributed by atoms with Gasteiger partial charge >= 0.3 is 0 Å². The molecule has 1 fully saturated rings. The minimum Gasteiger partial charge on any atom is -0.392 e. The Morgan fingerprint density at radius 2 is 1.94 bits per heavy atom. The fourth-order valence-corrected chi connectivity index (χ4v) is 2.46. The lowest BCUT2D eigenvalue weighted by Gasteiger charge is -2.50. The molecule has 0 amide bonds. The Labute approximate surface area is 108 Å². The van der Waals surface area contributed by atoms with Crippen LogP contribution < -0.4 is 5.32 Å². The van der Waals surface area contributed by atoms with Gasteiger partial charge in [-0.1, -0.05) is 37.6 Å². The summed E-state index contributed by atoms with van der Waals surface area (Å²) >= 11 is 5.87. The summed E-state index contributed by atoms with van der Waals surface area (Å²) in [7, 11) is 0. The number of rotatable bonds is 3. The van der Waals surface area contributed by atoms with Crippen LogP contribution in [0.15, 0.2) is 24.3 Å². The van der Waals surface area contributed by atoms with Crippen molar-refractivity contribution in [2.24, 2.45) is 5.41 Å². The molecule has 1 aromatic carbocycles. The summed E-state index contributed by atoms with van der Waals surface area (Å²) in [5.74, 6) is 0. The first-order valence-electron chi connectivity index (χ1n) is 6.11. The van der Waals surface area contributed by atoms with Gasteiger partial charge in [0.2, 0.25) is 0 Å². The Bertz CT molecular complexity index is 388. The summed E-state index contributed by atoms with van der Waals surface area (Å²) in [6, 6.07) is 8.57. The number of aliphatic hydroxyl groups is 1. The van der Waals surface area contributed by atoms with Crippen LogP contribution in [0.5, 0.6) is 0 Å². The topological polar surface area (TPSA) is 32.3 Å². The van der Waals surface area contributed by atoms with E-state index in [0.29, 0.717) is 6.04 Å². The molecule has 3 atom stereocenters. The lowest BCUT2D eigenvalue weighted by molar-refractivity contribution is -0.0754. The third-order valence-corrected chi connectivity index (χ3v) is 4.29. The molecule has 1 aliphatic rings. The first-order chi connectivity index (χ1) is 7.91. The van der Waals surface area contributed by atoms with Gasteiger partial charge in [0.15, 0.2) is 0 Å². The van der Waals surface area contributed by atoms with E-state index < -0.39 is 0 Å².